The Bertz CT molecular complexity index is 1470. The van der Waals surface area contributed by atoms with E-state index in [-0.39, 0.29) is 47.7 Å². The van der Waals surface area contributed by atoms with Gasteiger partial charge in [-0.2, -0.15) is 0 Å². The average Bonchev–Trinajstić information content (AvgIpc) is 3.41. The van der Waals surface area contributed by atoms with Gasteiger partial charge in [0.15, 0.2) is 5.69 Å². The molecule has 3 aromatic rings. The van der Waals surface area contributed by atoms with Gasteiger partial charge in [-0.05, 0) is 41.8 Å². The number of nitrogens with zero attached hydrogens (tertiary/aromatic N) is 2. The van der Waals surface area contributed by atoms with Crippen LogP contribution in [0.5, 0.6) is 5.75 Å². The lowest BCUT2D eigenvalue weighted by atomic mass is 10.2. The molecule has 0 fully saturated rings. The van der Waals surface area contributed by atoms with Crippen molar-refractivity contribution in [3.8, 4) is 5.75 Å². The predicted octanol–water partition coefficient (Wildman–Crippen LogP) is 4.02. The van der Waals surface area contributed by atoms with Gasteiger partial charge in [-0.15, -0.1) is 11.3 Å². The van der Waals surface area contributed by atoms with Crippen molar-refractivity contribution >= 4 is 49.8 Å². The maximum absolute atomic E-state index is 15.0. The SMILES string of the molecule is CNC(=N)CC(=O)Nc1ccc(S(=O)(=O)N(Cc2ccc(OC)cc2)c2scnc2C(=O)OCC(C)C)cc1F. The zero-order valence-corrected chi connectivity index (χ0v) is 24.0. The molecule has 0 aliphatic heterocycles. The van der Waals surface area contributed by atoms with E-state index in [0.29, 0.717) is 11.3 Å². The molecule has 214 valence electrons. The summed E-state index contributed by atoms with van der Waals surface area (Å²) in [7, 11) is -1.47. The zero-order valence-electron chi connectivity index (χ0n) is 22.4. The summed E-state index contributed by atoms with van der Waals surface area (Å²) in [4.78, 5) is 28.5. The van der Waals surface area contributed by atoms with Gasteiger partial charge in [-0.3, -0.25) is 14.5 Å². The highest BCUT2D eigenvalue weighted by Gasteiger charge is 2.32. The normalized spacial score (nSPS) is 11.2. The van der Waals surface area contributed by atoms with E-state index in [1.807, 2.05) is 13.8 Å². The first kappa shape index (κ1) is 30.5. The number of methoxy groups -OCH3 is 1. The summed E-state index contributed by atoms with van der Waals surface area (Å²) in [5, 5.41) is 12.4. The molecule has 0 saturated heterocycles. The van der Waals surface area contributed by atoms with Crippen molar-refractivity contribution in [3.63, 3.8) is 0 Å². The Kier molecular flexibility index (Phi) is 10.2. The number of thiazole rings is 1. The van der Waals surface area contributed by atoms with E-state index in [1.165, 1.54) is 19.7 Å². The molecule has 1 amide bonds. The van der Waals surface area contributed by atoms with E-state index in [9.17, 15) is 22.4 Å². The maximum Gasteiger partial charge on any atom is 0.360 e. The van der Waals surface area contributed by atoms with Gasteiger partial charge in [0.2, 0.25) is 5.91 Å². The van der Waals surface area contributed by atoms with Crippen LogP contribution in [0.25, 0.3) is 0 Å². The molecule has 11 nitrogen and oxygen atoms in total. The molecule has 3 rings (SSSR count). The van der Waals surface area contributed by atoms with Crippen LogP contribution in [-0.4, -0.2) is 51.9 Å². The third kappa shape index (κ3) is 7.54. The van der Waals surface area contributed by atoms with E-state index in [0.717, 1.165) is 33.8 Å². The second-order valence-corrected chi connectivity index (χ2v) is 11.6. The summed E-state index contributed by atoms with van der Waals surface area (Å²) in [5.41, 5.74) is 1.47. The van der Waals surface area contributed by atoms with Gasteiger partial charge in [-0.25, -0.2) is 22.6 Å². The van der Waals surface area contributed by atoms with Crippen LogP contribution < -0.4 is 19.7 Å². The van der Waals surface area contributed by atoms with Crippen LogP contribution >= 0.6 is 11.3 Å². The molecular weight excluding hydrogens is 561 g/mol. The van der Waals surface area contributed by atoms with Crippen LogP contribution in [-0.2, 0) is 26.1 Å². The molecule has 0 radical (unpaired) electrons. The van der Waals surface area contributed by atoms with Gasteiger partial charge in [-0.1, -0.05) is 26.0 Å². The fraction of sp³-hybridized carbons (Fsp3) is 0.308. The average molecular weight is 592 g/mol. The van der Waals surface area contributed by atoms with Crippen LogP contribution in [0, 0.1) is 17.1 Å². The maximum atomic E-state index is 15.0. The smallest absolute Gasteiger partial charge is 0.360 e. The van der Waals surface area contributed by atoms with Crippen molar-refractivity contribution in [2.75, 3.05) is 30.4 Å². The molecule has 40 heavy (non-hydrogen) atoms. The highest BCUT2D eigenvalue weighted by atomic mass is 32.2. The van der Waals surface area contributed by atoms with Crippen LogP contribution in [0.2, 0.25) is 0 Å². The van der Waals surface area contributed by atoms with Gasteiger partial charge < -0.3 is 20.1 Å². The summed E-state index contributed by atoms with van der Waals surface area (Å²) in [6.07, 6.45) is -0.313. The monoisotopic (exact) mass is 591 g/mol. The largest absolute Gasteiger partial charge is 0.497 e. The van der Waals surface area contributed by atoms with Crippen molar-refractivity contribution in [2.24, 2.45) is 5.92 Å². The highest BCUT2D eigenvalue weighted by molar-refractivity contribution is 7.93. The Morgan fingerprint density at radius 2 is 1.88 bits per heavy atom. The van der Waals surface area contributed by atoms with Gasteiger partial charge >= 0.3 is 5.97 Å². The third-order valence-electron chi connectivity index (χ3n) is 5.44. The van der Waals surface area contributed by atoms with Crippen LogP contribution in [0.4, 0.5) is 15.1 Å². The first-order valence-corrected chi connectivity index (χ1v) is 14.4. The second-order valence-electron chi connectivity index (χ2n) is 8.95. The second kappa shape index (κ2) is 13.3. The van der Waals surface area contributed by atoms with Crippen molar-refractivity contribution in [2.45, 2.75) is 31.7 Å². The Hall–Kier alpha value is -4.04. The van der Waals surface area contributed by atoms with Gasteiger partial charge in [0.05, 0.1) is 42.8 Å². The molecule has 0 saturated carbocycles. The molecule has 0 aliphatic rings. The Labute approximate surface area is 235 Å². The zero-order chi connectivity index (χ0) is 29.4. The molecule has 0 spiro atoms. The number of benzene rings is 2. The number of carbonyl (C=O) groups excluding carboxylic acids is 2. The summed E-state index contributed by atoms with van der Waals surface area (Å²) in [6.45, 7) is 3.64. The number of halogens is 1. The Morgan fingerprint density at radius 3 is 2.48 bits per heavy atom. The molecule has 3 N–H and O–H groups in total. The quantitative estimate of drug-likeness (QED) is 0.162. The lowest BCUT2D eigenvalue weighted by Gasteiger charge is -2.24. The summed E-state index contributed by atoms with van der Waals surface area (Å²) in [6, 6.07) is 9.72. The van der Waals surface area contributed by atoms with Crippen molar-refractivity contribution < 1.29 is 31.9 Å². The minimum Gasteiger partial charge on any atom is -0.497 e. The highest BCUT2D eigenvalue weighted by Crippen LogP contribution is 2.34. The number of aromatic nitrogens is 1. The van der Waals surface area contributed by atoms with Gasteiger partial charge in [0, 0.05) is 7.05 Å². The van der Waals surface area contributed by atoms with Crippen molar-refractivity contribution in [1.82, 2.24) is 10.3 Å². The lowest BCUT2D eigenvalue weighted by molar-refractivity contribution is -0.115. The number of hydrogen-bond acceptors (Lipinski definition) is 9. The van der Waals surface area contributed by atoms with E-state index < -0.39 is 32.6 Å². The summed E-state index contributed by atoms with van der Waals surface area (Å²) >= 11 is 0.926. The van der Waals surface area contributed by atoms with Crippen LogP contribution in [0.3, 0.4) is 0 Å². The van der Waals surface area contributed by atoms with E-state index in [4.69, 9.17) is 14.9 Å². The number of amidine groups is 1. The van der Waals surface area contributed by atoms with E-state index in [2.05, 4.69) is 15.6 Å². The van der Waals surface area contributed by atoms with Crippen LogP contribution in [0.15, 0.2) is 52.9 Å². The number of sulfonamides is 1. The molecule has 1 aromatic heterocycles. The first-order valence-electron chi connectivity index (χ1n) is 12.1. The van der Waals surface area contributed by atoms with Gasteiger partial charge in [0.1, 0.15) is 22.4 Å². The molecule has 0 atom stereocenters. The number of nitrogens with one attached hydrogen (secondary N) is 3. The van der Waals surface area contributed by atoms with Crippen molar-refractivity contribution in [1.29, 1.82) is 5.41 Å². The topological polar surface area (TPSA) is 151 Å². The number of carbonyl (C=O) groups is 2. The molecule has 0 aliphatic carbocycles. The number of rotatable bonds is 12. The molecule has 2 aromatic carbocycles. The summed E-state index contributed by atoms with van der Waals surface area (Å²) < 4.78 is 54.2. The Morgan fingerprint density at radius 1 is 1.18 bits per heavy atom. The molecule has 0 unspecified atom stereocenters. The molecule has 1 heterocycles. The number of esters is 1. The predicted molar refractivity (Wildman–Crippen MR) is 150 cm³/mol. The number of ether oxygens (including phenoxy) is 2. The third-order valence-corrected chi connectivity index (χ3v) is 8.15. The fourth-order valence-electron chi connectivity index (χ4n) is 3.36. The number of anilines is 2. The lowest BCUT2D eigenvalue weighted by Crippen LogP contribution is -2.31. The van der Waals surface area contributed by atoms with Crippen LogP contribution in [0.1, 0.15) is 36.3 Å². The standard InChI is InChI=1S/C26H30FN5O6S2/c1-16(2)14-38-26(34)24-25(39-15-30-24)32(13-17-5-7-18(37-4)8-6-17)40(35,36)19-9-10-21(20(27)11-19)31-23(33)12-22(28)29-3/h5-11,15-16H,12-14H2,1-4H3,(H2,28,29)(H,31,33). The fourth-order valence-corrected chi connectivity index (χ4v) is 5.84. The van der Waals surface area contributed by atoms with Crippen molar-refractivity contribution in [3.05, 3.63) is 65.0 Å². The molecule has 14 heteroatoms. The number of amides is 1. The minimum absolute atomic E-state index is 0.00735. The molecule has 0 bridgehead atoms. The first-order chi connectivity index (χ1) is 19.0. The number of hydrogen-bond donors (Lipinski definition) is 3. The Balaban J connectivity index is 2.00. The minimum atomic E-state index is -4.45. The summed E-state index contributed by atoms with van der Waals surface area (Å²) in [5.74, 6) is -1.87. The molecular formula is C26H30FN5O6S2. The van der Waals surface area contributed by atoms with E-state index in [1.54, 1.807) is 24.3 Å². The van der Waals surface area contributed by atoms with Gasteiger partial charge in [0.25, 0.3) is 10.0 Å². The van der Waals surface area contributed by atoms with E-state index >= 15 is 0 Å².